The summed E-state index contributed by atoms with van der Waals surface area (Å²) in [6.45, 7) is 2.03. The van der Waals surface area contributed by atoms with Crippen LogP contribution < -0.4 is 10.5 Å². The molecule has 4 heteroatoms. The van der Waals surface area contributed by atoms with Gasteiger partial charge in [-0.2, -0.15) is 0 Å². The third-order valence-corrected chi connectivity index (χ3v) is 4.53. The van der Waals surface area contributed by atoms with Crippen LogP contribution in [0.5, 0.6) is 5.75 Å². The van der Waals surface area contributed by atoms with Crippen molar-refractivity contribution in [2.45, 2.75) is 17.6 Å². The van der Waals surface area contributed by atoms with Crippen LogP contribution in [0, 0.1) is 6.92 Å². The van der Waals surface area contributed by atoms with E-state index in [2.05, 4.69) is 28.1 Å². The number of thioether (sulfide) groups is 1. The normalized spacial score (nSPS) is 10.5. The molecular formula is C15H16BrNOS. The maximum absolute atomic E-state index is 6.09. The second kappa shape index (κ2) is 6.35. The number of ether oxygens (including phenoxy) is 1. The first-order valence-electron chi connectivity index (χ1n) is 5.92. The van der Waals surface area contributed by atoms with Gasteiger partial charge in [-0.1, -0.05) is 28.1 Å². The Balaban J connectivity index is 2.18. The monoisotopic (exact) mass is 337 g/mol. The fourth-order valence-corrected chi connectivity index (χ4v) is 3.23. The Kier molecular flexibility index (Phi) is 4.77. The highest BCUT2D eigenvalue weighted by molar-refractivity contribution is 9.10. The highest BCUT2D eigenvalue weighted by atomic mass is 79.9. The van der Waals surface area contributed by atoms with Crippen LogP contribution in [0.15, 0.2) is 45.8 Å². The number of anilines is 1. The third kappa shape index (κ3) is 3.45. The molecule has 2 nitrogen and oxygen atoms in total. The van der Waals surface area contributed by atoms with Crippen molar-refractivity contribution in [3.8, 4) is 5.75 Å². The molecular weight excluding hydrogens is 322 g/mol. The van der Waals surface area contributed by atoms with Crippen molar-refractivity contribution in [3.63, 3.8) is 0 Å². The Labute approximate surface area is 126 Å². The number of nitrogen functional groups attached to an aromatic ring is 1. The summed E-state index contributed by atoms with van der Waals surface area (Å²) in [7, 11) is 1.69. The molecule has 0 unspecified atom stereocenters. The van der Waals surface area contributed by atoms with Crippen LogP contribution in [0.1, 0.15) is 11.1 Å². The van der Waals surface area contributed by atoms with Gasteiger partial charge in [-0.05, 0) is 36.8 Å². The van der Waals surface area contributed by atoms with Crippen molar-refractivity contribution in [2.24, 2.45) is 0 Å². The molecule has 19 heavy (non-hydrogen) atoms. The van der Waals surface area contributed by atoms with Gasteiger partial charge in [0.1, 0.15) is 5.75 Å². The maximum atomic E-state index is 6.09. The lowest BCUT2D eigenvalue weighted by molar-refractivity contribution is 0.411. The molecule has 0 fully saturated rings. The van der Waals surface area contributed by atoms with Gasteiger partial charge < -0.3 is 10.5 Å². The van der Waals surface area contributed by atoms with Gasteiger partial charge in [-0.15, -0.1) is 11.8 Å². The summed E-state index contributed by atoms with van der Waals surface area (Å²) in [6.07, 6.45) is 0. The van der Waals surface area contributed by atoms with Crippen molar-refractivity contribution in [1.82, 2.24) is 0 Å². The lowest BCUT2D eigenvalue weighted by Gasteiger charge is -2.11. The number of halogens is 1. The van der Waals surface area contributed by atoms with Crippen LogP contribution in [0.25, 0.3) is 0 Å². The Bertz CT molecular complexity index is 586. The topological polar surface area (TPSA) is 35.2 Å². The zero-order valence-electron chi connectivity index (χ0n) is 10.9. The van der Waals surface area contributed by atoms with Gasteiger partial charge >= 0.3 is 0 Å². The molecule has 0 bridgehead atoms. The molecule has 0 aromatic heterocycles. The number of hydrogen-bond donors (Lipinski definition) is 1. The first-order valence-corrected chi connectivity index (χ1v) is 7.70. The molecule has 0 saturated carbocycles. The zero-order chi connectivity index (χ0) is 13.8. The van der Waals surface area contributed by atoms with Gasteiger partial charge in [0, 0.05) is 26.4 Å². The van der Waals surface area contributed by atoms with E-state index in [-0.39, 0.29) is 0 Å². The van der Waals surface area contributed by atoms with Crippen LogP contribution in [-0.2, 0) is 5.75 Å². The lowest BCUT2D eigenvalue weighted by atomic mass is 10.2. The summed E-state index contributed by atoms with van der Waals surface area (Å²) in [4.78, 5) is 1.11. The van der Waals surface area contributed by atoms with E-state index in [1.54, 1.807) is 18.9 Å². The quantitative estimate of drug-likeness (QED) is 0.651. The molecule has 100 valence electrons. The highest BCUT2D eigenvalue weighted by Crippen LogP contribution is 2.33. The predicted octanol–water partition coefficient (Wildman–Crippen LogP) is 4.64. The van der Waals surface area contributed by atoms with Crippen molar-refractivity contribution in [2.75, 3.05) is 12.8 Å². The first-order chi connectivity index (χ1) is 9.11. The lowest BCUT2D eigenvalue weighted by Crippen LogP contribution is -1.94. The van der Waals surface area contributed by atoms with Gasteiger partial charge in [0.05, 0.1) is 7.11 Å². The number of aryl methyl sites for hydroxylation is 1. The van der Waals surface area contributed by atoms with E-state index in [1.807, 2.05) is 31.2 Å². The summed E-state index contributed by atoms with van der Waals surface area (Å²) < 4.78 is 6.43. The summed E-state index contributed by atoms with van der Waals surface area (Å²) in [6, 6.07) is 12.1. The van der Waals surface area contributed by atoms with E-state index in [1.165, 1.54) is 0 Å². The summed E-state index contributed by atoms with van der Waals surface area (Å²) in [5, 5.41) is 0. The van der Waals surface area contributed by atoms with Gasteiger partial charge in [0.25, 0.3) is 0 Å². The third-order valence-electron chi connectivity index (χ3n) is 2.91. The average Bonchev–Trinajstić information content (AvgIpc) is 2.40. The van der Waals surface area contributed by atoms with Gasteiger partial charge in [-0.25, -0.2) is 0 Å². The molecule has 0 saturated heterocycles. The Morgan fingerprint density at radius 1 is 1.26 bits per heavy atom. The van der Waals surface area contributed by atoms with Crippen molar-refractivity contribution >= 4 is 33.4 Å². The molecule has 0 heterocycles. The minimum Gasteiger partial charge on any atom is -0.496 e. The van der Waals surface area contributed by atoms with Crippen LogP contribution >= 0.6 is 27.7 Å². The van der Waals surface area contributed by atoms with E-state index in [4.69, 9.17) is 10.5 Å². The number of benzene rings is 2. The molecule has 0 radical (unpaired) electrons. The Hall–Kier alpha value is -1.13. The molecule has 0 amide bonds. The molecule has 2 aromatic rings. The van der Waals surface area contributed by atoms with E-state index in [0.29, 0.717) is 0 Å². The number of rotatable bonds is 4. The smallest absolute Gasteiger partial charge is 0.122 e. The van der Waals surface area contributed by atoms with Crippen LogP contribution in [0.4, 0.5) is 5.69 Å². The molecule has 0 aliphatic heterocycles. The average molecular weight is 338 g/mol. The van der Waals surface area contributed by atoms with Crippen LogP contribution in [0.3, 0.4) is 0 Å². The molecule has 0 spiro atoms. The maximum Gasteiger partial charge on any atom is 0.122 e. The van der Waals surface area contributed by atoms with E-state index in [9.17, 15) is 0 Å². The minimum absolute atomic E-state index is 0.830. The predicted molar refractivity (Wildman–Crippen MR) is 85.8 cm³/mol. The fourth-order valence-electron chi connectivity index (χ4n) is 1.80. The fraction of sp³-hybridized carbons (Fsp3) is 0.200. The Morgan fingerprint density at radius 2 is 2.05 bits per heavy atom. The van der Waals surface area contributed by atoms with Crippen molar-refractivity contribution in [3.05, 3.63) is 52.0 Å². The molecule has 2 rings (SSSR count). The second-order valence-corrected chi connectivity index (χ2v) is 6.16. The number of methoxy groups -OCH3 is 1. The van der Waals surface area contributed by atoms with Gasteiger partial charge in [0.15, 0.2) is 0 Å². The van der Waals surface area contributed by atoms with E-state index in [0.717, 1.165) is 37.7 Å². The van der Waals surface area contributed by atoms with Gasteiger partial charge in [-0.3, -0.25) is 0 Å². The second-order valence-electron chi connectivity index (χ2n) is 4.23. The van der Waals surface area contributed by atoms with Gasteiger partial charge in [0.2, 0.25) is 0 Å². The molecule has 2 aromatic carbocycles. The summed E-state index contributed by atoms with van der Waals surface area (Å²) >= 11 is 5.22. The molecule has 2 N–H and O–H groups in total. The summed E-state index contributed by atoms with van der Waals surface area (Å²) in [5.41, 5.74) is 9.22. The van der Waals surface area contributed by atoms with Crippen molar-refractivity contribution in [1.29, 1.82) is 0 Å². The summed E-state index contributed by atoms with van der Waals surface area (Å²) in [5.74, 6) is 1.73. The first kappa shape index (κ1) is 14.3. The van der Waals surface area contributed by atoms with Crippen LogP contribution in [0.2, 0.25) is 0 Å². The highest BCUT2D eigenvalue weighted by Gasteiger charge is 2.07. The number of nitrogens with two attached hydrogens (primary N) is 1. The minimum atomic E-state index is 0.830. The van der Waals surface area contributed by atoms with Crippen molar-refractivity contribution < 1.29 is 4.74 Å². The zero-order valence-corrected chi connectivity index (χ0v) is 13.3. The standard InChI is InChI=1S/C15H16BrNOS/c1-10-4-3-5-14(15(10)17)19-9-11-8-12(16)6-7-13(11)18-2/h3-8H,9,17H2,1-2H3. The SMILES string of the molecule is COc1ccc(Br)cc1CSc1cccc(C)c1N. The van der Waals surface area contributed by atoms with Crippen LogP contribution in [-0.4, -0.2) is 7.11 Å². The van der Waals surface area contributed by atoms with E-state index < -0.39 is 0 Å². The molecule has 0 atom stereocenters. The Morgan fingerprint density at radius 3 is 2.79 bits per heavy atom. The molecule has 0 aliphatic rings. The number of hydrogen-bond acceptors (Lipinski definition) is 3. The molecule has 0 aliphatic carbocycles. The number of para-hydroxylation sites is 1. The van der Waals surface area contributed by atoms with E-state index >= 15 is 0 Å². The largest absolute Gasteiger partial charge is 0.496 e.